The molecule has 0 saturated carbocycles. The normalized spacial score (nSPS) is 15.9. The van der Waals surface area contributed by atoms with Crippen molar-refractivity contribution in [2.24, 2.45) is 0 Å². The third-order valence-corrected chi connectivity index (χ3v) is 6.42. The maximum absolute atomic E-state index is 12.8. The Morgan fingerprint density at radius 2 is 1.68 bits per heavy atom. The molecule has 0 bridgehead atoms. The number of carbonyl (C=O) groups excluding carboxylic acids is 3. The summed E-state index contributed by atoms with van der Waals surface area (Å²) in [6, 6.07) is 1.74. The van der Waals surface area contributed by atoms with Crippen LogP contribution in [0.4, 0.5) is 9.59 Å². The first-order chi connectivity index (χ1) is 18.6. The second-order valence-electron chi connectivity index (χ2n) is 12.2. The molecule has 0 radical (unpaired) electrons. The van der Waals surface area contributed by atoms with Gasteiger partial charge in [-0.1, -0.05) is 6.08 Å². The van der Waals surface area contributed by atoms with Gasteiger partial charge in [-0.15, -0.1) is 0 Å². The van der Waals surface area contributed by atoms with E-state index in [0.717, 1.165) is 29.0 Å². The van der Waals surface area contributed by atoms with Crippen LogP contribution in [-0.2, 0) is 9.47 Å². The molecular weight excluding hydrogens is 512 g/mol. The lowest BCUT2D eigenvalue weighted by molar-refractivity contribution is 0.0266. The van der Waals surface area contributed by atoms with Gasteiger partial charge in [0.1, 0.15) is 11.2 Å². The van der Waals surface area contributed by atoms with Gasteiger partial charge in [-0.25, -0.2) is 9.59 Å². The predicted octanol–water partition coefficient (Wildman–Crippen LogP) is 5.39. The molecule has 0 saturated heterocycles. The van der Waals surface area contributed by atoms with Crippen molar-refractivity contribution in [1.29, 1.82) is 0 Å². The highest BCUT2D eigenvalue weighted by Crippen LogP contribution is 2.26. The lowest BCUT2D eigenvalue weighted by Crippen LogP contribution is -2.39. The first-order valence-electron chi connectivity index (χ1n) is 13.7. The molecule has 1 N–H and O–H groups in total. The van der Waals surface area contributed by atoms with E-state index in [2.05, 4.69) is 10.2 Å². The third kappa shape index (κ3) is 9.20. The van der Waals surface area contributed by atoms with E-state index in [1.54, 1.807) is 29.2 Å². The zero-order chi connectivity index (χ0) is 29.7. The van der Waals surface area contributed by atoms with Gasteiger partial charge < -0.3 is 33.9 Å². The van der Waals surface area contributed by atoms with Crippen LogP contribution in [0.2, 0.25) is 0 Å². The van der Waals surface area contributed by atoms with Crippen LogP contribution in [0.15, 0.2) is 46.4 Å². The van der Waals surface area contributed by atoms with E-state index in [-0.39, 0.29) is 23.9 Å². The Labute approximate surface area is 237 Å². The van der Waals surface area contributed by atoms with Gasteiger partial charge in [0.25, 0.3) is 5.91 Å². The summed E-state index contributed by atoms with van der Waals surface area (Å²) >= 11 is 0. The van der Waals surface area contributed by atoms with Crippen molar-refractivity contribution in [3.8, 4) is 0 Å². The Balaban J connectivity index is 1.50. The topological polar surface area (TPSA) is 105 Å². The summed E-state index contributed by atoms with van der Waals surface area (Å²) in [5, 5.41) is 2.95. The van der Waals surface area contributed by atoms with Crippen LogP contribution in [0.3, 0.4) is 0 Å². The van der Waals surface area contributed by atoms with Crippen LogP contribution in [0.25, 0.3) is 5.57 Å². The van der Waals surface area contributed by atoms with Crippen molar-refractivity contribution in [3.63, 3.8) is 0 Å². The van der Waals surface area contributed by atoms with E-state index < -0.39 is 11.2 Å². The average Bonchev–Trinajstić information content (AvgIpc) is 3.36. The Kier molecular flexibility index (Phi) is 9.76. The predicted molar refractivity (Wildman–Crippen MR) is 153 cm³/mol. The lowest BCUT2D eigenvalue weighted by Gasteiger charge is -2.29. The molecule has 2 aliphatic rings. The second-order valence-corrected chi connectivity index (χ2v) is 12.2. The number of likely N-dealkylation sites (N-methyl/N-ethyl adjacent to an activating group) is 2. The SMILES string of the molecule is CN(CCN(C)C1=CC=C(NC(=O)c2cc(C3=CCN(C(=O)OC(C)(C)C)CC3)co2)CC1)C(=O)OC(C)(C)C. The molecule has 1 aromatic heterocycles. The average molecular weight is 557 g/mol. The molecule has 10 nitrogen and oxygen atoms in total. The molecule has 10 heteroatoms. The number of hydrogen-bond acceptors (Lipinski definition) is 7. The van der Waals surface area contributed by atoms with Crippen molar-refractivity contribution in [2.45, 2.75) is 72.0 Å². The number of allylic oxidation sites excluding steroid dienone is 4. The van der Waals surface area contributed by atoms with E-state index in [1.165, 1.54) is 0 Å². The lowest BCUT2D eigenvalue weighted by atomic mass is 10.0. The van der Waals surface area contributed by atoms with Gasteiger partial charge in [0.2, 0.25) is 0 Å². The van der Waals surface area contributed by atoms with Crippen molar-refractivity contribution in [2.75, 3.05) is 40.3 Å². The fraction of sp³-hybridized carbons (Fsp3) is 0.567. The van der Waals surface area contributed by atoms with Crippen LogP contribution in [0.1, 0.15) is 76.9 Å². The zero-order valence-electron chi connectivity index (χ0n) is 25.1. The molecular formula is C30H44N4O6. The van der Waals surface area contributed by atoms with Gasteiger partial charge in [0.15, 0.2) is 5.76 Å². The van der Waals surface area contributed by atoms with Gasteiger partial charge in [-0.2, -0.15) is 0 Å². The summed E-state index contributed by atoms with van der Waals surface area (Å²) in [7, 11) is 3.72. The largest absolute Gasteiger partial charge is 0.459 e. The van der Waals surface area contributed by atoms with Gasteiger partial charge in [-0.3, -0.25) is 4.79 Å². The summed E-state index contributed by atoms with van der Waals surface area (Å²) in [6.07, 6.45) is 8.89. The van der Waals surface area contributed by atoms with Crippen molar-refractivity contribution in [1.82, 2.24) is 20.0 Å². The number of nitrogens with one attached hydrogen (secondary N) is 1. The maximum Gasteiger partial charge on any atom is 0.410 e. The first kappa shape index (κ1) is 30.8. The molecule has 0 fully saturated rings. The van der Waals surface area contributed by atoms with E-state index in [9.17, 15) is 14.4 Å². The minimum atomic E-state index is -0.533. The van der Waals surface area contributed by atoms with Crippen LogP contribution in [-0.4, -0.2) is 84.3 Å². The molecule has 40 heavy (non-hydrogen) atoms. The number of nitrogens with zero attached hydrogens (tertiary/aromatic N) is 3. The van der Waals surface area contributed by atoms with Gasteiger partial charge in [-0.05, 0) is 84.6 Å². The van der Waals surface area contributed by atoms with Gasteiger partial charge in [0, 0.05) is 57.2 Å². The molecule has 2 heterocycles. The molecule has 1 aromatic rings. The Hall–Kier alpha value is -3.69. The summed E-state index contributed by atoms with van der Waals surface area (Å²) in [5.74, 6) is -0.0584. The summed E-state index contributed by atoms with van der Waals surface area (Å²) in [5.41, 5.74) is 2.76. The number of hydrogen-bond donors (Lipinski definition) is 1. The number of amides is 3. The molecule has 0 unspecified atom stereocenters. The summed E-state index contributed by atoms with van der Waals surface area (Å²) in [4.78, 5) is 42.6. The van der Waals surface area contributed by atoms with E-state index in [1.807, 2.05) is 66.8 Å². The smallest absolute Gasteiger partial charge is 0.410 e. The van der Waals surface area contributed by atoms with E-state index in [4.69, 9.17) is 13.9 Å². The molecule has 1 aliphatic carbocycles. The fourth-order valence-corrected chi connectivity index (χ4v) is 4.18. The fourth-order valence-electron chi connectivity index (χ4n) is 4.18. The molecule has 0 atom stereocenters. The third-order valence-electron chi connectivity index (χ3n) is 6.42. The Morgan fingerprint density at radius 3 is 2.25 bits per heavy atom. The minimum absolute atomic E-state index is 0.239. The summed E-state index contributed by atoms with van der Waals surface area (Å²) < 4.78 is 16.4. The molecule has 0 aromatic carbocycles. The van der Waals surface area contributed by atoms with Gasteiger partial charge in [0.05, 0.1) is 6.26 Å². The van der Waals surface area contributed by atoms with Crippen LogP contribution in [0.5, 0.6) is 0 Å². The van der Waals surface area contributed by atoms with Gasteiger partial charge >= 0.3 is 12.2 Å². The number of rotatable bonds is 7. The monoisotopic (exact) mass is 556 g/mol. The van der Waals surface area contributed by atoms with E-state index >= 15 is 0 Å². The highest BCUT2D eigenvalue weighted by atomic mass is 16.6. The number of ether oxygens (including phenoxy) is 2. The maximum atomic E-state index is 12.8. The quantitative estimate of drug-likeness (QED) is 0.480. The first-order valence-corrected chi connectivity index (χ1v) is 13.7. The van der Waals surface area contributed by atoms with Crippen LogP contribution < -0.4 is 5.32 Å². The molecule has 0 spiro atoms. The molecule has 3 rings (SSSR count). The van der Waals surface area contributed by atoms with Crippen molar-refractivity contribution < 1.29 is 28.3 Å². The molecule has 3 amide bonds. The number of carbonyl (C=O) groups is 3. The highest BCUT2D eigenvalue weighted by molar-refractivity contribution is 5.93. The Bertz CT molecular complexity index is 1180. The summed E-state index contributed by atoms with van der Waals surface area (Å²) in [6.45, 7) is 13.3. The number of furan rings is 1. The second kappa shape index (κ2) is 12.7. The van der Waals surface area contributed by atoms with Crippen molar-refractivity contribution >= 4 is 23.7 Å². The molecule has 1 aliphatic heterocycles. The van der Waals surface area contributed by atoms with Crippen molar-refractivity contribution in [3.05, 3.63) is 53.3 Å². The molecule has 220 valence electrons. The minimum Gasteiger partial charge on any atom is -0.459 e. The van der Waals surface area contributed by atoms with E-state index in [0.29, 0.717) is 39.0 Å². The van der Waals surface area contributed by atoms with Crippen LogP contribution in [0, 0.1) is 0 Å². The zero-order valence-corrected chi connectivity index (χ0v) is 25.1. The standard InChI is InChI=1S/C30H44N4O6/c1-29(2,3)39-27(36)33(8)18-17-32(7)24-11-9-23(10-12-24)31-26(35)25-19-22(20-38-25)21-13-15-34(16-14-21)28(37)40-30(4,5)6/h9,11,13,19-20H,10,12,14-18H2,1-8H3,(H,31,35). The highest BCUT2D eigenvalue weighted by Gasteiger charge is 2.25. The Morgan fingerprint density at radius 1 is 0.975 bits per heavy atom. The van der Waals surface area contributed by atoms with Crippen LogP contribution >= 0.6 is 0 Å².